The van der Waals surface area contributed by atoms with Gasteiger partial charge in [0.05, 0.1) is 12.2 Å². The molecule has 0 radical (unpaired) electrons. The molecule has 7 nitrogen and oxygen atoms in total. The van der Waals surface area contributed by atoms with Crippen molar-refractivity contribution in [2.24, 2.45) is 4.99 Å². The lowest BCUT2D eigenvalue weighted by molar-refractivity contribution is -0.125. The van der Waals surface area contributed by atoms with Gasteiger partial charge in [0.15, 0.2) is 5.76 Å². The molecule has 26 heavy (non-hydrogen) atoms. The molecular weight excluding hydrogens is 330 g/mol. The van der Waals surface area contributed by atoms with Gasteiger partial charge in [-0.2, -0.15) is 0 Å². The van der Waals surface area contributed by atoms with Gasteiger partial charge in [-0.05, 0) is 25.7 Å². The van der Waals surface area contributed by atoms with Crippen LogP contribution in [0.3, 0.4) is 0 Å². The summed E-state index contributed by atoms with van der Waals surface area (Å²) in [5.41, 5.74) is 0.550. The molecule has 1 spiro atoms. The summed E-state index contributed by atoms with van der Waals surface area (Å²) >= 11 is 0. The van der Waals surface area contributed by atoms with Crippen LogP contribution in [0, 0.1) is 0 Å². The van der Waals surface area contributed by atoms with Crippen molar-refractivity contribution >= 4 is 11.9 Å². The molecular formula is C19H29N5O2. The highest BCUT2D eigenvalue weighted by Gasteiger charge is 2.46. The lowest BCUT2D eigenvalue weighted by Gasteiger charge is -2.34. The Balaban J connectivity index is 1.34. The maximum absolute atomic E-state index is 12.4. The number of hydrogen-bond donors (Lipinski definition) is 1. The molecule has 0 unspecified atom stereocenters. The van der Waals surface area contributed by atoms with Gasteiger partial charge in [0.1, 0.15) is 5.54 Å². The summed E-state index contributed by atoms with van der Waals surface area (Å²) < 4.78 is 5.60. The van der Waals surface area contributed by atoms with E-state index in [1.807, 2.05) is 19.0 Å². The van der Waals surface area contributed by atoms with Gasteiger partial charge >= 0.3 is 0 Å². The molecule has 1 aromatic heterocycles. The van der Waals surface area contributed by atoms with Crippen molar-refractivity contribution in [3.63, 3.8) is 0 Å². The van der Waals surface area contributed by atoms with E-state index in [1.165, 1.54) is 32.1 Å². The summed E-state index contributed by atoms with van der Waals surface area (Å²) in [6.07, 6.45) is 7.93. The minimum absolute atomic E-state index is 0.0418. The summed E-state index contributed by atoms with van der Waals surface area (Å²) in [6.45, 7) is 2.45. The maximum atomic E-state index is 12.4. The zero-order valence-electron chi connectivity index (χ0n) is 15.8. The number of piperidine rings is 1. The number of nitrogens with zero attached hydrogens (tertiary/aromatic N) is 4. The second-order valence-corrected chi connectivity index (χ2v) is 8.14. The number of rotatable bonds is 3. The average Bonchev–Trinajstić information content (AvgIpc) is 3.24. The number of likely N-dealkylation sites (tertiary alicyclic amines) is 1. The summed E-state index contributed by atoms with van der Waals surface area (Å²) in [7, 11) is 3.81. The van der Waals surface area contributed by atoms with Crippen LogP contribution in [-0.2, 0) is 11.3 Å². The minimum Gasteiger partial charge on any atom is -0.360 e. The van der Waals surface area contributed by atoms with Crippen LogP contribution in [0.1, 0.15) is 62.3 Å². The monoisotopic (exact) mass is 359 g/mol. The molecule has 3 heterocycles. The maximum Gasteiger partial charge on any atom is 0.254 e. The van der Waals surface area contributed by atoms with E-state index in [0.717, 1.165) is 43.9 Å². The number of carbonyl (C=O) groups is 1. The molecule has 1 saturated heterocycles. The number of amides is 1. The molecule has 2 fully saturated rings. The Bertz CT molecular complexity index is 682. The van der Waals surface area contributed by atoms with Crippen LogP contribution in [0.2, 0.25) is 0 Å². The molecule has 4 rings (SSSR count). The predicted octanol–water partition coefficient (Wildman–Crippen LogP) is 2.10. The highest BCUT2D eigenvalue weighted by atomic mass is 16.5. The summed E-state index contributed by atoms with van der Waals surface area (Å²) in [5.74, 6) is 2.23. The third-order valence-corrected chi connectivity index (χ3v) is 6.05. The van der Waals surface area contributed by atoms with E-state index in [4.69, 9.17) is 4.52 Å². The van der Waals surface area contributed by atoms with E-state index in [-0.39, 0.29) is 5.91 Å². The first-order chi connectivity index (χ1) is 12.6. The fraction of sp³-hybridized carbons (Fsp3) is 0.737. The van der Waals surface area contributed by atoms with Gasteiger partial charge < -0.3 is 9.42 Å². The largest absolute Gasteiger partial charge is 0.360 e. The van der Waals surface area contributed by atoms with Gasteiger partial charge in [0.25, 0.3) is 5.91 Å². The highest BCUT2D eigenvalue weighted by molar-refractivity contribution is 6.07. The molecule has 1 aromatic rings. The molecule has 2 aliphatic heterocycles. The van der Waals surface area contributed by atoms with Crippen LogP contribution in [0.4, 0.5) is 0 Å². The zero-order chi connectivity index (χ0) is 18.1. The van der Waals surface area contributed by atoms with Gasteiger partial charge in [0.2, 0.25) is 5.96 Å². The third kappa shape index (κ3) is 3.37. The van der Waals surface area contributed by atoms with Crippen LogP contribution in [0.15, 0.2) is 15.6 Å². The van der Waals surface area contributed by atoms with Crippen molar-refractivity contribution in [1.82, 2.24) is 20.3 Å². The lowest BCUT2D eigenvalue weighted by atomic mass is 9.87. The molecule has 0 atom stereocenters. The third-order valence-electron chi connectivity index (χ3n) is 6.05. The molecule has 142 valence electrons. The molecule has 0 aromatic carbocycles. The predicted molar refractivity (Wildman–Crippen MR) is 98.8 cm³/mol. The average molecular weight is 359 g/mol. The summed E-state index contributed by atoms with van der Waals surface area (Å²) in [5, 5.41) is 7.23. The number of hydrogen-bond acceptors (Lipinski definition) is 6. The van der Waals surface area contributed by atoms with Crippen molar-refractivity contribution in [2.75, 3.05) is 27.2 Å². The fourth-order valence-electron chi connectivity index (χ4n) is 4.35. The number of aromatic nitrogens is 1. The van der Waals surface area contributed by atoms with Gasteiger partial charge in [-0.1, -0.05) is 24.4 Å². The number of guanidine groups is 1. The quantitative estimate of drug-likeness (QED) is 0.895. The zero-order valence-corrected chi connectivity index (χ0v) is 15.8. The molecule has 1 amide bonds. The Labute approximate surface area is 154 Å². The Morgan fingerprint density at radius 1 is 1.27 bits per heavy atom. The molecule has 1 N–H and O–H groups in total. The van der Waals surface area contributed by atoms with E-state index in [1.54, 1.807) is 0 Å². The first-order valence-corrected chi connectivity index (χ1v) is 9.82. The number of aliphatic imine (C=N–C) groups is 1. The smallest absolute Gasteiger partial charge is 0.254 e. The molecule has 3 aliphatic rings. The standard InChI is InChI=1S/C19H29N5O2/c1-23(2)18-20-17(25)19(21-18)8-10-24(11-9-19)13-15-12-16(22-26-15)14-6-4-3-5-7-14/h12,14H,3-11,13H2,1-2H3,(H,20,21,25). The van der Waals surface area contributed by atoms with Crippen molar-refractivity contribution in [1.29, 1.82) is 0 Å². The van der Waals surface area contributed by atoms with Crippen molar-refractivity contribution in [3.05, 3.63) is 17.5 Å². The van der Waals surface area contributed by atoms with E-state index < -0.39 is 5.54 Å². The Kier molecular flexibility index (Phi) is 4.73. The Morgan fingerprint density at radius 3 is 2.65 bits per heavy atom. The van der Waals surface area contributed by atoms with E-state index in [0.29, 0.717) is 11.9 Å². The Morgan fingerprint density at radius 2 is 2.00 bits per heavy atom. The van der Waals surface area contributed by atoms with E-state index in [9.17, 15) is 4.79 Å². The molecule has 1 aliphatic carbocycles. The van der Waals surface area contributed by atoms with Crippen LogP contribution < -0.4 is 5.32 Å². The van der Waals surface area contributed by atoms with Crippen LogP contribution in [-0.4, -0.2) is 59.5 Å². The molecule has 7 heteroatoms. The van der Waals surface area contributed by atoms with Crippen molar-refractivity contribution in [3.8, 4) is 0 Å². The van der Waals surface area contributed by atoms with Crippen LogP contribution >= 0.6 is 0 Å². The number of nitrogens with one attached hydrogen (secondary N) is 1. The second-order valence-electron chi connectivity index (χ2n) is 8.14. The van der Waals surface area contributed by atoms with Gasteiger partial charge in [-0.25, -0.2) is 4.99 Å². The lowest BCUT2D eigenvalue weighted by Crippen LogP contribution is -2.49. The van der Waals surface area contributed by atoms with Crippen LogP contribution in [0.5, 0.6) is 0 Å². The summed E-state index contributed by atoms with van der Waals surface area (Å²) in [6, 6.07) is 2.14. The second kappa shape index (κ2) is 7.02. The van der Waals surface area contributed by atoms with Crippen molar-refractivity contribution in [2.45, 2.75) is 62.9 Å². The number of carbonyl (C=O) groups excluding carboxylic acids is 1. The SMILES string of the molecule is CN(C)C1=NC2(CCN(Cc3cc(C4CCCCC4)no3)CC2)C(=O)N1. The topological polar surface area (TPSA) is 74.0 Å². The van der Waals surface area contributed by atoms with Crippen molar-refractivity contribution < 1.29 is 9.32 Å². The Hall–Kier alpha value is -1.89. The van der Waals surface area contributed by atoms with E-state index >= 15 is 0 Å². The van der Waals surface area contributed by atoms with E-state index in [2.05, 4.69) is 26.4 Å². The van der Waals surface area contributed by atoms with Gasteiger partial charge in [-0.15, -0.1) is 0 Å². The minimum atomic E-state index is -0.579. The van der Waals surface area contributed by atoms with Crippen LogP contribution in [0.25, 0.3) is 0 Å². The van der Waals surface area contributed by atoms with Gasteiger partial charge in [-0.3, -0.25) is 15.0 Å². The first-order valence-electron chi connectivity index (χ1n) is 9.82. The summed E-state index contributed by atoms with van der Waals surface area (Å²) in [4.78, 5) is 21.3. The molecule has 1 saturated carbocycles. The molecule has 0 bridgehead atoms. The normalized spacial score (nSPS) is 23.9. The first kappa shape index (κ1) is 17.5. The van der Waals surface area contributed by atoms with Gasteiger partial charge in [0, 0.05) is 39.2 Å². The fourth-order valence-corrected chi connectivity index (χ4v) is 4.35. The highest BCUT2D eigenvalue weighted by Crippen LogP contribution is 2.33.